The third-order valence-electron chi connectivity index (χ3n) is 16.0. The van der Waals surface area contributed by atoms with E-state index in [0.717, 1.165) is 13.0 Å². The van der Waals surface area contributed by atoms with Gasteiger partial charge < -0.3 is 10.2 Å². The fraction of sp³-hybridized carbons (Fsp3) is 0.226. The van der Waals surface area contributed by atoms with Crippen LogP contribution in [0, 0.1) is 13.8 Å². The summed E-state index contributed by atoms with van der Waals surface area (Å²) in [6.45, 7) is 19.3. The maximum absolute atomic E-state index is 4.09. The molecule has 8 aromatic rings. The van der Waals surface area contributed by atoms with Gasteiger partial charge in [-0.05, 0) is 135 Å². The summed E-state index contributed by atoms with van der Waals surface area (Å²) in [7, 11) is 0.831. The SMILES string of the molecule is Cc1cc(-c2cccc3c2Nc2ccccc2C3(c2ccccc2)c2ccccc2)c2c(c1)N(c1cc3c(cc1C)C(C)(C)CCC3(C)C)c1cc3c(cc1B2)C(C)(C)c1ccccc1S3. The van der Waals surface area contributed by atoms with Crippen molar-refractivity contribution in [2.45, 2.75) is 99.7 Å². The van der Waals surface area contributed by atoms with Crippen molar-refractivity contribution in [3.8, 4) is 11.1 Å². The van der Waals surface area contributed by atoms with Gasteiger partial charge in [0, 0.05) is 43.5 Å². The van der Waals surface area contributed by atoms with Crippen molar-refractivity contribution in [1.29, 1.82) is 0 Å². The second-order valence-corrected chi connectivity index (χ2v) is 22.4. The first kappa shape index (κ1) is 41.2. The standard InChI is InChI=1S/C62H57BN2S/c1-38-32-43(42-24-19-27-46-58(42)64-51-28-17-15-25-44(51)62(46,40-20-11-9-12-21-40)41-22-13-10-14-23-41)57-54(33-38)65(52-36-48-47(34-39(52)2)59(3,4)30-31-60(48,5)6)53-37-56-49(35-50(53)63-57)61(7,8)45-26-16-18-29-55(45)66-56/h9-29,32-37,63-64H,30-31H2,1-8H3. The Hall–Kier alpha value is -6.23. The van der Waals surface area contributed by atoms with Crippen molar-refractivity contribution >= 4 is 58.4 Å². The molecule has 1 aliphatic carbocycles. The van der Waals surface area contributed by atoms with E-state index in [4.69, 9.17) is 0 Å². The maximum Gasteiger partial charge on any atom is 0.198 e. The summed E-state index contributed by atoms with van der Waals surface area (Å²) < 4.78 is 0. The molecule has 0 saturated heterocycles. The quantitative estimate of drug-likeness (QED) is 0.177. The smallest absolute Gasteiger partial charge is 0.198 e. The molecule has 0 saturated carbocycles. The highest BCUT2D eigenvalue weighted by Crippen LogP contribution is 2.57. The van der Waals surface area contributed by atoms with Gasteiger partial charge in [-0.15, -0.1) is 0 Å². The van der Waals surface area contributed by atoms with Crippen LogP contribution in [0.15, 0.2) is 174 Å². The van der Waals surface area contributed by atoms with E-state index in [1.54, 1.807) is 0 Å². The fourth-order valence-corrected chi connectivity index (χ4v) is 13.8. The summed E-state index contributed by atoms with van der Waals surface area (Å²) in [6.07, 6.45) is 2.37. The molecule has 324 valence electrons. The number of fused-ring (bicyclic) bond motifs is 7. The molecule has 0 fully saturated rings. The van der Waals surface area contributed by atoms with Crippen LogP contribution in [-0.4, -0.2) is 7.28 Å². The summed E-state index contributed by atoms with van der Waals surface area (Å²) in [5, 5.41) is 4.09. The van der Waals surface area contributed by atoms with Gasteiger partial charge in [-0.1, -0.05) is 192 Å². The van der Waals surface area contributed by atoms with Crippen LogP contribution in [0.3, 0.4) is 0 Å². The lowest BCUT2D eigenvalue weighted by Gasteiger charge is -2.44. The topological polar surface area (TPSA) is 15.3 Å². The van der Waals surface area contributed by atoms with E-state index in [1.807, 2.05) is 11.8 Å². The Morgan fingerprint density at radius 1 is 0.500 bits per heavy atom. The number of hydrogen-bond donors (Lipinski definition) is 1. The number of hydrogen-bond acceptors (Lipinski definition) is 3. The Bertz CT molecular complexity index is 3250. The molecular weight excluding hydrogens is 816 g/mol. The molecule has 4 heteroatoms. The van der Waals surface area contributed by atoms with E-state index >= 15 is 0 Å². The van der Waals surface area contributed by atoms with Crippen LogP contribution in [0.4, 0.5) is 28.4 Å². The molecule has 0 spiro atoms. The molecule has 3 heterocycles. The monoisotopic (exact) mass is 872 g/mol. The highest BCUT2D eigenvalue weighted by Gasteiger charge is 2.46. The van der Waals surface area contributed by atoms with Crippen LogP contribution in [0.1, 0.15) is 110 Å². The number of benzene rings is 8. The van der Waals surface area contributed by atoms with Crippen LogP contribution in [0.2, 0.25) is 0 Å². The van der Waals surface area contributed by atoms with Crippen LogP contribution < -0.4 is 21.1 Å². The first-order valence-corrected chi connectivity index (χ1v) is 24.7. The predicted octanol–water partition coefficient (Wildman–Crippen LogP) is 14.7. The van der Waals surface area contributed by atoms with Crippen molar-refractivity contribution in [3.63, 3.8) is 0 Å². The van der Waals surface area contributed by atoms with E-state index in [1.165, 1.54) is 123 Å². The highest BCUT2D eigenvalue weighted by molar-refractivity contribution is 7.99. The Labute approximate surface area is 396 Å². The fourth-order valence-electron chi connectivity index (χ4n) is 12.4. The lowest BCUT2D eigenvalue weighted by molar-refractivity contribution is 0.332. The molecule has 0 atom stereocenters. The van der Waals surface area contributed by atoms with Gasteiger partial charge in [0.15, 0.2) is 7.28 Å². The van der Waals surface area contributed by atoms with Gasteiger partial charge in [0.25, 0.3) is 0 Å². The molecule has 0 unspecified atom stereocenters. The zero-order valence-corrected chi connectivity index (χ0v) is 40.4. The molecular formula is C62H57BN2S. The molecule has 0 aromatic heterocycles. The number of nitrogens with zero attached hydrogens (tertiary/aromatic N) is 1. The summed E-state index contributed by atoms with van der Waals surface area (Å²) in [4.78, 5) is 5.38. The first-order valence-electron chi connectivity index (χ1n) is 23.9. The van der Waals surface area contributed by atoms with Crippen molar-refractivity contribution in [2.75, 3.05) is 10.2 Å². The third kappa shape index (κ3) is 5.96. The molecule has 0 bridgehead atoms. The molecule has 1 N–H and O–H groups in total. The van der Waals surface area contributed by atoms with Crippen LogP contribution in [0.5, 0.6) is 0 Å². The van der Waals surface area contributed by atoms with E-state index in [2.05, 4.69) is 229 Å². The first-order chi connectivity index (χ1) is 31.8. The summed E-state index contributed by atoms with van der Waals surface area (Å²) in [5.41, 5.74) is 24.4. The minimum Gasteiger partial charge on any atom is -0.354 e. The van der Waals surface area contributed by atoms with Crippen molar-refractivity contribution in [1.82, 2.24) is 0 Å². The molecule has 2 nitrogen and oxygen atoms in total. The molecule has 8 aromatic carbocycles. The summed E-state index contributed by atoms with van der Waals surface area (Å²) in [6, 6.07) is 62.5. The molecule has 12 rings (SSSR count). The van der Waals surface area contributed by atoms with Gasteiger partial charge in [0.2, 0.25) is 0 Å². The minimum atomic E-state index is -0.544. The maximum atomic E-state index is 4.09. The number of para-hydroxylation sites is 2. The molecule has 0 amide bonds. The second kappa shape index (κ2) is 14.6. The summed E-state index contributed by atoms with van der Waals surface area (Å²) >= 11 is 1.94. The van der Waals surface area contributed by atoms with Crippen LogP contribution in [0.25, 0.3) is 11.1 Å². The van der Waals surface area contributed by atoms with Gasteiger partial charge in [0.1, 0.15) is 0 Å². The van der Waals surface area contributed by atoms with Gasteiger partial charge in [-0.25, -0.2) is 0 Å². The molecule has 0 radical (unpaired) electrons. The van der Waals surface area contributed by atoms with E-state index in [9.17, 15) is 0 Å². The van der Waals surface area contributed by atoms with Gasteiger partial charge in [-0.3, -0.25) is 0 Å². The van der Waals surface area contributed by atoms with Crippen LogP contribution >= 0.6 is 11.8 Å². The number of rotatable bonds is 4. The predicted molar refractivity (Wildman–Crippen MR) is 282 cm³/mol. The minimum absolute atomic E-state index is 0.0705. The number of aryl methyl sites for hydroxylation is 2. The average molecular weight is 873 g/mol. The van der Waals surface area contributed by atoms with E-state index < -0.39 is 5.41 Å². The Balaban J connectivity index is 1.14. The lowest BCUT2D eigenvalue weighted by atomic mass is 9.56. The number of nitrogens with one attached hydrogen (secondary N) is 1. The summed E-state index contributed by atoms with van der Waals surface area (Å²) in [5.74, 6) is 0. The Morgan fingerprint density at radius 3 is 1.83 bits per heavy atom. The van der Waals surface area contributed by atoms with E-state index in [-0.39, 0.29) is 16.2 Å². The number of anilines is 5. The van der Waals surface area contributed by atoms with Crippen molar-refractivity contribution < 1.29 is 0 Å². The van der Waals surface area contributed by atoms with Crippen molar-refractivity contribution in [2.24, 2.45) is 0 Å². The molecule has 3 aliphatic heterocycles. The Morgan fingerprint density at radius 2 is 1.12 bits per heavy atom. The second-order valence-electron chi connectivity index (χ2n) is 21.4. The van der Waals surface area contributed by atoms with Gasteiger partial charge in [-0.2, -0.15) is 0 Å². The molecule has 4 aliphatic rings. The van der Waals surface area contributed by atoms with Crippen LogP contribution in [-0.2, 0) is 21.7 Å². The largest absolute Gasteiger partial charge is 0.354 e. The highest BCUT2D eigenvalue weighted by atomic mass is 32.2. The molecule has 66 heavy (non-hydrogen) atoms. The third-order valence-corrected chi connectivity index (χ3v) is 17.2. The average Bonchev–Trinajstić information content (AvgIpc) is 3.31. The zero-order chi connectivity index (χ0) is 45.3. The van der Waals surface area contributed by atoms with Gasteiger partial charge in [0.05, 0.1) is 11.1 Å². The van der Waals surface area contributed by atoms with Crippen molar-refractivity contribution in [3.05, 3.63) is 219 Å². The zero-order valence-electron chi connectivity index (χ0n) is 39.6. The van der Waals surface area contributed by atoms with E-state index in [0.29, 0.717) is 0 Å². The Kier molecular flexibility index (Phi) is 9.14. The van der Waals surface area contributed by atoms with Gasteiger partial charge >= 0.3 is 0 Å². The normalized spacial score (nSPS) is 17.3. The lowest BCUT2D eigenvalue weighted by Crippen LogP contribution is -2.43.